The summed E-state index contributed by atoms with van der Waals surface area (Å²) in [4.78, 5) is 24.5. The molecule has 0 aromatic rings. The molecule has 0 saturated carbocycles. The van der Waals surface area contributed by atoms with Gasteiger partial charge in [-0.15, -0.1) is 0 Å². The van der Waals surface area contributed by atoms with Crippen molar-refractivity contribution >= 4 is 11.9 Å². The van der Waals surface area contributed by atoms with Crippen LogP contribution < -0.4 is 0 Å². The van der Waals surface area contributed by atoms with E-state index in [1.54, 1.807) is 0 Å². The third-order valence-corrected chi connectivity index (χ3v) is 3.70. The summed E-state index contributed by atoms with van der Waals surface area (Å²) in [6.07, 6.45) is 8.97. The SMILES string of the molecule is COC(=O)CCC(=O)OCC1CCC(N2C=CCC(C)=C2)O1. The van der Waals surface area contributed by atoms with Crippen LogP contribution >= 0.6 is 0 Å². The van der Waals surface area contributed by atoms with E-state index in [0.29, 0.717) is 0 Å². The van der Waals surface area contributed by atoms with E-state index < -0.39 is 11.9 Å². The summed E-state index contributed by atoms with van der Waals surface area (Å²) >= 11 is 0. The molecular weight excluding hydrogens is 286 g/mol. The first kappa shape index (κ1) is 16.5. The third kappa shape index (κ3) is 4.87. The molecule has 6 nitrogen and oxygen atoms in total. The minimum Gasteiger partial charge on any atom is -0.469 e. The topological polar surface area (TPSA) is 65.1 Å². The number of nitrogens with zero attached hydrogens (tertiary/aromatic N) is 1. The van der Waals surface area contributed by atoms with Crippen LogP contribution in [0.25, 0.3) is 0 Å². The smallest absolute Gasteiger partial charge is 0.306 e. The molecule has 0 radical (unpaired) electrons. The van der Waals surface area contributed by atoms with Crippen molar-refractivity contribution in [3.8, 4) is 0 Å². The molecule has 2 atom stereocenters. The maximum Gasteiger partial charge on any atom is 0.306 e. The highest BCUT2D eigenvalue weighted by Crippen LogP contribution is 2.26. The minimum absolute atomic E-state index is 0.00488. The van der Waals surface area contributed by atoms with Crippen LogP contribution in [0, 0.1) is 0 Å². The molecule has 2 heterocycles. The van der Waals surface area contributed by atoms with E-state index in [2.05, 4.69) is 28.8 Å². The Kier molecular flexibility index (Phi) is 6.00. The zero-order chi connectivity index (χ0) is 15.9. The monoisotopic (exact) mass is 309 g/mol. The summed E-state index contributed by atoms with van der Waals surface area (Å²) in [7, 11) is 1.30. The van der Waals surface area contributed by atoms with E-state index in [1.807, 2.05) is 6.20 Å². The van der Waals surface area contributed by atoms with Gasteiger partial charge >= 0.3 is 11.9 Å². The summed E-state index contributed by atoms with van der Waals surface area (Å²) in [6.45, 7) is 2.32. The minimum atomic E-state index is -0.409. The first-order valence-electron chi connectivity index (χ1n) is 7.58. The molecule has 0 aromatic heterocycles. The average molecular weight is 309 g/mol. The van der Waals surface area contributed by atoms with Crippen molar-refractivity contribution in [3.63, 3.8) is 0 Å². The zero-order valence-electron chi connectivity index (χ0n) is 13.1. The Hall–Kier alpha value is -1.82. The van der Waals surface area contributed by atoms with Gasteiger partial charge < -0.3 is 19.1 Å². The summed E-state index contributed by atoms with van der Waals surface area (Å²) in [5.74, 6) is -0.806. The summed E-state index contributed by atoms with van der Waals surface area (Å²) in [6, 6.07) is 0. The second kappa shape index (κ2) is 7.98. The number of allylic oxidation sites excluding steroid dienone is 2. The fraction of sp³-hybridized carbons (Fsp3) is 0.625. The van der Waals surface area contributed by atoms with E-state index in [1.165, 1.54) is 12.7 Å². The maximum absolute atomic E-state index is 11.5. The van der Waals surface area contributed by atoms with Crippen molar-refractivity contribution in [2.24, 2.45) is 0 Å². The summed E-state index contributed by atoms with van der Waals surface area (Å²) in [5.41, 5.74) is 1.30. The van der Waals surface area contributed by atoms with Gasteiger partial charge in [0.2, 0.25) is 0 Å². The molecule has 2 aliphatic heterocycles. The van der Waals surface area contributed by atoms with Crippen LogP contribution in [0.15, 0.2) is 24.0 Å². The number of hydrogen-bond donors (Lipinski definition) is 0. The molecule has 1 saturated heterocycles. The molecule has 0 bridgehead atoms. The molecule has 6 heteroatoms. The van der Waals surface area contributed by atoms with Gasteiger partial charge in [-0.3, -0.25) is 9.59 Å². The van der Waals surface area contributed by atoms with Crippen molar-refractivity contribution in [3.05, 3.63) is 24.0 Å². The Labute approximate surface area is 130 Å². The van der Waals surface area contributed by atoms with Gasteiger partial charge in [0.05, 0.1) is 26.1 Å². The Morgan fingerprint density at radius 1 is 1.32 bits per heavy atom. The van der Waals surface area contributed by atoms with Gasteiger partial charge in [0.25, 0.3) is 0 Å². The van der Waals surface area contributed by atoms with Gasteiger partial charge in [0.1, 0.15) is 12.8 Å². The second-order valence-corrected chi connectivity index (χ2v) is 5.56. The van der Waals surface area contributed by atoms with Crippen molar-refractivity contribution in [2.75, 3.05) is 13.7 Å². The van der Waals surface area contributed by atoms with Gasteiger partial charge in [-0.25, -0.2) is 0 Å². The highest BCUT2D eigenvalue weighted by atomic mass is 16.6. The molecule has 122 valence electrons. The van der Waals surface area contributed by atoms with Crippen LogP contribution in [0.2, 0.25) is 0 Å². The van der Waals surface area contributed by atoms with Gasteiger partial charge in [-0.1, -0.05) is 11.6 Å². The standard InChI is InChI=1S/C16H23NO5/c1-12-4-3-9-17(10-12)14-6-5-13(22-14)11-21-16(19)8-7-15(18)20-2/h3,9-10,13-14H,4-8,11H2,1-2H3. The van der Waals surface area contributed by atoms with Crippen molar-refractivity contribution in [1.29, 1.82) is 0 Å². The molecule has 22 heavy (non-hydrogen) atoms. The highest BCUT2D eigenvalue weighted by Gasteiger charge is 2.29. The number of carbonyl (C=O) groups is 2. The molecule has 1 fully saturated rings. The normalized spacial score (nSPS) is 24.1. The quantitative estimate of drug-likeness (QED) is 0.700. The molecule has 0 amide bonds. The van der Waals surface area contributed by atoms with Gasteiger partial charge in [-0.05, 0) is 26.2 Å². The van der Waals surface area contributed by atoms with E-state index in [0.717, 1.165) is 19.3 Å². The van der Waals surface area contributed by atoms with E-state index >= 15 is 0 Å². The van der Waals surface area contributed by atoms with E-state index in [-0.39, 0.29) is 31.8 Å². The van der Waals surface area contributed by atoms with Crippen LogP contribution in [0.1, 0.15) is 39.0 Å². The largest absolute Gasteiger partial charge is 0.469 e. The van der Waals surface area contributed by atoms with Crippen molar-refractivity contribution in [1.82, 2.24) is 4.90 Å². The lowest BCUT2D eigenvalue weighted by Crippen LogP contribution is -2.29. The molecule has 0 spiro atoms. The fourth-order valence-corrected chi connectivity index (χ4v) is 2.48. The fourth-order valence-electron chi connectivity index (χ4n) is 2.48. The first-order chi connectivity index (χ1) is 10.6. The predicted octanol–water partition coefficient (Wildman–Crippen LogP) is 2.11. The number of carbonyl (C=O) groups excluding carboxylic acids is 2. The van der Waals surface area contributed by atoms with Gasteiger partial charge in [0, 0.05) is 12.4 Å². The van der Waals surface area contributed by atoms with Crippen molar-refractivity contribution in [2.45, 2.75) is 51.4 Å². The van der Waals surface area contributed by atoms with Crippen molar-refractivity contribution < 1.29 is 23.8 Å². The van der Waals surface area contributed by atoms with E-state index in [4.69, 9.17) is 9.47 Å². The molecular formula is C16H23NO5. The molecule has 0 aromatic carbocycles. The lowest BCUT2D eigenvalue weighted by molar-refractivity contribution is -0.152. The van der Waals surface area contributed by atoms with Crippen LogP contribution in [0.4, 0.5) is 0 Å². The van der Waals surface area contributed by atoms with Crippen LogP contribution in [-0.4, -0.2) is 42.9 Å². The lowest BCUT2D eigenvalue weighted by Gasteiger charge is -2.26. The Morgan fingerprint density at radius 3 is 2.82 bits per heavy atom. The molecule has 0 N–H and O–H groups in total. The average Bonchev–Trinajstić information content (AvgIpc) is 2.99. The third-order valence-electron chi connectivity index (χ3n) is 3.70. The lowest BCUT2D eigenvalue weighted by atomic mass is 10.2. The van der Waals surface area contributed by atoms with Crippen LogP contribution in [-0.2, 0) is 23.8 Å². The summed E-state index contributed by atoms with van der Waals surface area (Å²) < 4.78 is 15.5. The molecule has 2 unspecified atom stereocenters. The number of esters is 2. The number of methoxy groups -OCH3 is 1. The number of hydrogen-bond acceptors (Lipinski definition) is 6. The molecule has 2 rings (SSSR count). The van der Waals surface area contributed by atoms with Gasteiger partial charge in [-0.2, -0.15) is 0 Å². The number of ether oxygens (including phenoxy) is 3. The summed E-state index contributed by atoms with van der Waals surface area (Å²) in [5, 5.41) is 0. The zero-order valence-corrected chi connectivity index (χ0v) is 13.1. The molecule has 0 aliphatic carbocycles. The Bertz CT molecular complexity index is 471. The first-order valence-corrected chi connectivity index (χ1v) is 7.58. The maximum atomic E-state index is 11.5. The second-order valence-electron chi connectivity index (χ2n) is 5.56. The number of rotatable bonds is 6. The van der Waals surface area contributed by atoms with Crippen LogP contribution in [0.3, 0.4) is 0 Å². The highest BCUT2D eigenvalue weighted by molar-refractivity contribution is 5.77. The Balaban J connectivity index is 1.68. The van der Waals surface area contributed by atoms with Crippen LogP contribution in [0.5, 0.6) is 0 Å². The molecule has 2 aliphatic rings. The van der Waals surface area contributed by atoms with E-state index in [9.17, 15) is 9.59 Å². The van der Waals surface area contributed by atoms with Gasteiger partial charge in [0.15, 0.2) is 0 Å². The Morgan fingerprint density at radius 2 is 2.09 bits per heavy atom. The predicted molar refractivity (Wildman–Crippen MR) is 79.5 cm³/mol.